The van der Waals surface area contributed by atoms with E-state index in [0.717, 1.165) is 0 Å². The van der Waals surface area contributed by atoms with Crippen molar-refractivity contribution in [3.63, 3.8) is 0 Å². The quantitative estimate of drug-likeness (QED) is 0.526. The molecule has 9 heteroatoms. The fourth-order valence-corrected chi connectivity index (χ4v) is 2.35. The van der Waals surface area contributed by atoms with E-state index in [9.17, 15) is 9.18 Å². The maximum atomic E-state index is 13.7. The average molecular weight is 311 g/mol. The molecule has 3 N–H and O–H groups in total. The van der Waals surface area contributed by atoms with Crippen LogP contribution in [0.25, 0.3) is 22.1 Å². The average Bonchev–Trinajstić information content (AvgIpc) is 3.02. The lowest BCUT2D eigenvalue weighted by atomic mass is 10.2. The number of nitrogens with one attached hydrogen (secondary N) is 3. The Bertz CT molecular complexity index is 1070. The highest BCUT2D eigenvalue weighted by Crippen LogP contribution is 2.15. The van der Waals surface area contributed by atoms with E-state index in [1.54, 1.807) is 6.07 Å². The minimum absolute atomic E-state index is 0.0470. The number of nitrogens with zero attached hydrogens (tertiary/aromatic N) is 4. The maximum Gasteiger partial charge on any atom is 0.261 e. The van der Waals surface area contributed by atoms with Crippen LogP contribution >= 0.6 is 0 Å². The van der Waals surface area contributed by atoms with Gasteiger partial charge in [-0.25, -0.2) is 24.3 Å². The molecule has 0 unspecified atom stereocenters. The second-order valence-electron chi connectivity index (χ2n) is 4.82. The van der Waals surface area contributed by atoms with E-state index in [1.165, 1.54) is 24.8 Å². The molecule has 0 aliphatic carbocycles. The number of fused-ring (bicyclic) bond motifs is 2. The standard InChI is InChI=1S/C14H10FN7O/c15-7-2-1-3-8-10(7)14(23)22-9(21-8)4-16-12-11-13(18-5-17-11)20-6-19-12/h1-3,5-6H,4H2,(H,21,22,23)(H2,16,17,18,19,20). The van der Waals surface area contributed by atoms with Crippen molar-refractivity contribution in [1.82, 2.24) is 29.9 Å². The molecular weight excluding hydrogens is 301 g/mol. The van der Waals surface area contributed by atoms with Crippen molar-refractivity contribution in [2.75, 3.05) is 5.32 Å². The fraction of sp³-hybridized carbons (Fsp3) is 0.0714. The van der Waals surface area contributed by atoms with Crippen LogP contribution in [0.1, 0.15) is 5.82 Å². The normalized spacial score (nSPS) is 11.2. The highest BCUT2D eigenvalue weighted by atomic mass is 19.1. The van der Waals surface area contributed by atoms with Crippen LogP contribution in [0.15, 0.2) is 35.6 Å². The summed E-state index contributed by atoms with van der Waals surface area (Å²) < 4.78 is 13.7. The van der Waals surface area contributed by atoms with Crippen LogP contribution in [0.5, 0.6) is 0 Å². The Morgan fingerprint density at radius 3 is 3.04 bits per heavy atom. The van der Waals surface area contributed by atoms with Crippen LogP contribution in [-0.4, -0.2) is 29.9 Å². The van der Waals surface area contributed by atoms with E-state index in [-0.39, 0.29) is 11.9 Å². The molecule has 8 nitrogen and oxygen atoms in total. The molecule has 3 aromatic heterocycles. The molecule has 0 aliphatic rings. The lowest BCUT2D eigenvalue weighted by Gasteiger charge is -2.06. The number of rotatable bonds is 3. The Hall–Kier alpha value is -3.36. The third-order valence-electron chi connectivity index (χ3n) is 3.38. The highest BCUT2D eigenvalue weighted by Gasteiger charge is 2.09. The third-order valence-corrected chi connectivity index (χ3v) is 3.38. The summed E-state index contributed by atoms with van der Waals surface area (Å²) in [5.41, 5.74) is 0.977. The van der Waals surface area contributed by atoms with Gasteiger partial charge in [0.1, 0.15) is 28.9 Å². The zero-order valence-corrected chi connectivity index (χ0v) is 11.7. The first kappa shape index (κ1) is 13.3. The number of aromatic nitrogens is 6. The lowest BCUT2D eigenvalue weighted by Crippen LogP contribution is -2.16. The number of H-pyrrole nitrogens is 2. The van der Waals surface area contributed by atoms with Crippen molar-refractivity contribution in [2.24, 2.45) is 0 Å². The number of hydrogen-bond donors (Lipinski definition) is 3. The molecule has 4 aromatic rings. The van der Waals surface area contributed by atoms with Crippen molar-refractivity contribution < 1.29 is 4.39 Å². The van der Waals surface area contributed by atoms with Crippen LogP contribution < -0.4 is 10.9 Å². The molecule has 3 heterocycles. The van der Waals surface area contributed by atoms with Gasteiger partial charge in [0.2, 0.25) is 0 Å². The second-order valence-corrected chi connectivity index (χ2v) is 4.82. The fourth-order valence-electron chi connectivity index (χ4n) is 2.35. The molecule has 0 saturated heterocycles. The minimum atomic E-state index is -0.592. The van der Waals surface area contributed by atoms with Gasteiger partial charge >= 0.3 is 0 Å². The monoisotopic (exact) mass is 311 g/mol. The SMILES string of the molecule is O=c1[nH]c(CNc2ncnc3nc[nH]c23)nc2cccc(F)c12. The van der Waals surface area contributed by atoms with Gasteiger partial charge in [-0.3, -0.25) is 4.79 Å². The minimum Gasteiger partial charge on any atom is -0.361 e. The Kier molecular flexibility index (Phi) is 2.97. The number of benzene rings is 1. The number of imidazole rings is 1. The number of aromatic amines is 2. The molecule has 1 aromatic carbocycles. The van der Waals surface area contributed by atoms with Gasteiger partial charge in [-0.1, -0.05) is 6.07 Å². The van der Waals surface area contributed by atoms with Gasteiger partial charge in [0.15, 0.2) is 11.5 Å². The van der Waals surface area contributed by atoms with Gasteiger partial charge in [-0.15, -0.1) is 0 Å². The van der Waals surface area contributed by atoms with Crippen LogP contribution in [-0.2, 0) is 6.54 Å². The number of hydrogen-bond acceptors (Lipinski definition) is 6. The smallest absolute Gasteiger partial charge is 0.261 e. The summed E-state index contributed by atoms with van der Waals surface area (Å²) in [5.74, 6) is 0.319. The zero-order chi connectivity index (χ0) is 15.8. The zero-order valence-electron chi connectivity index (χ0n) is 11.7. The topological polar surface area (TPSA) is 112 Å². The molecule has 0 saturated carbocycles. The third kappa shape index (κ3) is 2.27. The highest BCUT2D eigenvalue weighted by molar-refractivity contribution is 5.82. The summed E-state index contributed by atoms with van der Waals surface area (Å²) in [6, 6.07) is 4.34. The van der Waals surface area contributed by atoms with Crippen LogP contribution in [0.3, 0.4) is 0 Å². The summed E-state index contributed by atoms with van der Waals surface area (Å²) in [6.45, 7) is 0.215. The molecule has 0 atom stereocenters. The summed E-state index contributed by atoms with van der Waals surface area (Å²) in [6.07, 6.45) is 2.90. The molecule has 0 fully saturated rings. The molecule has 0 bridgehead atoms. The predicted molar refractivity (Wildman–Crippen MR) is 81.3 cm³/mol. The number of halogens is 1. The largest absolute Gasteiger partial charge is 0.361 e. The van der Waals surface area contributed by atoms with E-state index in [4.69, 9.17) is 0 Å². The van der Waals surface area contributed by atoms with Crippen molar-refractivity contribution in [3.05, 3.63) is 52.8 Å². The van der Waals surface area contributed by atoms with E-state index in [2.05, 4.69) is 35.2 Å². The first-order valence-electron chi connectivity index (χ1n) is 6.78. The lowest BCUT2D eigenvalue weighted by molar-refractivity contribution is 0.638. The molecule has 0 aliphatic heterocycles. The Labute approximate surface area is 127 Å². The van der Waals surface area contributed by atoms with Crippen molar-refractivity contribution in [2.45, 2.75) is 6.54 Å². The van der Waals surface area contributed by atoms with E-state index in [1.807, 2.05) is 0 Å². The van der Waals surface area contributed by atoms with Crippen LogP contribution in [0.2, 0.25) is 0 Å². The van der Waals surface area contributed by atoms with Gasteiger partial charge in [0.25, 0.3) is 5.56 Å². The molecule has 114 valence electrons. The molecule has 0 spiro atoms. The van der Waals surface area contributed by atoms with Crippen molar-refractivity contribution in [1.29, 1.82) is 0 Å². The summed E-state index contributed by atoms with van der Waals surface area (Å²) in [7, 11) is 0. The van der Waals surface area contributed by atoms with Gasteiger partial charge < -0.3 is 15.3 Å². The molecular formula is C14H10FN7O. The first-order chi connectivity index (χ1) is 11.2. The van der Waals surface area contributed by atoms with Crippen LogP contribution in [0, 0.1) is 5.82 Å². The van der Waals surface area contributed by atoms with E-state index in [0.29, 0.717) is 28.3 Å². The maximum absolute atomic E-state index is 13.7. The summed E-state index contributed by atoms with van der Waals surface area (Å²) >= 11 is 0. The predicted octanol–water partition coefficient (Wildman–Crippen LogP) is 1.34. The van der Waals surface area contributed by atoms with E-state index >= 15 is 0 Å². The second kappa shape index (κ2) is 5.13. The molecule has 0 amide bonds. The van der Waals surface area contributed by atoms with Gasteiger partial charge in [0.05, 0.1) is 18.4 Å². The van der Waals surface area contributed by atoms with Gasteiger partial charge in [-0.05, 0) is 12.1 Å². The van der Waals surface area contributed by atoms with Crippen molar-refractivity contribution in [3.8, 4) is 0 Å². The molecule has 0 radical (unpaired) electrons. The van der Waals surface area contributed by atoms with Crippen LogP contribution in [0.4, 0.5) is 10.2 Å². The van der Waals surface area contributed by atoms with E-state index < -0.39 is 11.4 Å². The van der Waals surface area contributed by atoms with Gasteiger partial charge in [-0.2, -0.15) is 0 Å². The molecule has 4 rings (SSSR count). The Balaban J connectivity index is 1.68. The summed E-state index contributed by atoms with van der Waals surface area (Å²) in [4.78, 5) is 33.9. The first-order valence-corrected chi connectivity index (χ1v) is 6.78. The Morgan fingerprint density at radius 1 is 1.22 bits per heavy atom. The summed E-state index contributed by atoms with van der Waals surface area (Å²) in [5, 5.41) is 3.00. The van der Waals surface area contributed by atoms with Gasteiger partial charge in [0, 0.05) is 0 Å². The number of anilines is 1. The van der Waals surface area contributed by atoms with Crippen molar-refractivity contribution >= 4 is 27.9 Å². The Morgan fingerprint density at radius 2 is 2.13 bits per heavy atom. The molecule has 23 heavy (non-hydrogen) atoms.